The zero-order valence-electron chi connectivity index (χ0n) is 9.53. The molecule has 0 aliphatic heterocycles. The van der Waals surface area contributed by atoms with Crippen LogP contribution in [0.5, 0.6) is 0 Å². The van der Waals surface area contributed by atoms with Crippen molar-refractivity contribution in [3.05, 3.63) is 35.7 Å². The average Bonchev–Trinajstić information content (AvgIpc) is 2.63. The van der Waals surface area contributed by atoms with E-state index in [0.29, 0.717) is 0 Å². The Hall–Kier alpha value is -1.31. The summed E-state index contributed by atoms with van der Waals surface area (Å²) in [6, 6.07) is 8.63. The minimum absolute atomic E-state index is 1.07. The molecule has 0 spiro atoms. The van der Waals surface area contributed by atoms with Gasteiger partial charge in [-0.25, -0.2) is 4.52 Å². The molecule has 15 heavy (non-hydrogen) atoms. The quantitative estimate of drug-likeness (QED) is 0.744. The van der Waals surface area contributed by atoms with Gasteiger partial charge in [-0.1, -0.05) is 26.7 Å². The topological polar surface area (TPSA) is 17.3 Å². The molecule has 0 bridgehead atoms. The lowest BCUT2D eigenvalue weighted by molar-refractivity contribution is 0.762. The number of aryl methyl sites for hydroxylation is 2. The fraction of sp³-hybridized carbons (Fsp3) is 0.462. The molecular weight excluding hydrogens is 184 g/mol. The molecule has 2 aromatic rings. The number of hydrogen-bond acceptors (Lipinski definition) is 1. The molecule has 80 valence electrons. The van der Waals surface area contributed by atoms with Crippen LogP contribution >= 0.6 is 0 Å². The maximum absolute atomic E-state index is 4.66. The SMILES string of the molecule is CCCc1ccc2ccc(CCC)n2n1. The van der Waals surface area contributed by atoms with E-state index in [1.54, 1.807) is 0 Å². The second-order valence-electron chi connectivity index (χ2n) is 3.99. The highest BCUT2D eigenvalue weighted by atomic mass is 15.2. The van der Waals surface area contributed by atoms with Crippen molar-refractivity contribution in [1.82, 2.24) is 9.61 Å². The highest BCUT2D eigenvalue weighted by molar-refractivity contribution is 5.48. The fourth-order valence-electron chi connectivity index (χ4n) is 1.91. The molecule has 0 N–H and O–H groups in total. The van der Waals surface area contributed by atoms with E-state index in [1.165, 1.54) is 23.3 Å². The van der Waals surface area contributed by atoms with Gasteiger partial charge in [0.2, 0.25) is 0 Å². The molecule has 2 rings (SSSR count). The van der Waals surface area contributed by atoms with Crippen LogP contribution in [-0.4, -0.2) is 9.61 Å². The van der Waals surface area contributed by atoms with Gasteiger partial charge in [-0.3, -0.25) is 0 Å². The molecular formula is C13H18N2. The molecule has 2 heterocycles. The summed E-state index contributed by atoms with van der Waals surface area (Å²) in [5, 5.41) is 4.66. The lowest BCUT2D eigenvalue weighted by atomic mass is 10.2. The van der Waals surface area contributed by atoms with Crippen LogP contribution in [0.3, 0.4) is 0 Å². The normalized spacial score (nSPS) is 11.1. The summed E-state index contributed by atoms with van der Waals surface area (Å²) in [5.41, 5.74) is 3.72. The van der Waals surface area contributed by atoms with Crippen LogP contribution in [0.2, 0.25) is 0 Å². The molecule has 0 aromatic carbocycles. The van der Waals surface area contributed by atoms with E-state index in [1.807, 2.05) is 0 Å². The molecule has 0 atom stereocenters. The van der Waals surface area contributed by atoms with Gasteiger partial charge in [0.05, 0.1) is 11.2 Å². The maximum Gasteiger partial charge on any atom is 0.0650 e. The average molecular weight is 202 g/mol. The van der Waals surface area contributed by atoms with Gasteiger partial charge >= 0.3 is 0 Å². The Morgan fingerprint density at radius 1 is 1.00 bits per heavy atom. The lowest BCUT2D eigenvalue weighted by Gasteiger charge is -2.03. The predicted octanol–water partition coefficient (Wildman–Crippen LogP) is 3.24. The summed E-state index contributed by atoms with van der Waals surface area (Å²) in [7, 11) is 0. The Morgan fingerprint density at radius 3 is 2.47 bits per heavy atom. The first-order valence-corrected chi connectivity index (χ1v) is 5.81. The molecule has 0 aliphatic rings. The van der Waals surface area contributed by atoms with E-state index >= 15 is 0 Å². The van der Waals surface area contributed by atoms with Gasteiger partial charge in [0.1, 0.15) is 0 Å². The Kier molecular flexibility index (Phi) is 3.05. The molecule has 0 saturated heterocycles. The Labute approximate surface area is 90.9 Å². The van der Waals surface area contributed by atoms with Crippen LogP contribution in [0, 0.1) is 0 Å². The minimum Gasteiger partial charge on any atom is -0.238 e. The summed E-state index contributed by atoms with van der Waals surface area (Å²) in [5.74, 6) is 0. The van der Waals surface area contributed by atoms with Crippen LogP contribution in [0.4, 0.5) is 0 Å². The largest absolute Gasteiger partial charge is 0.238 e. The number of aromatic nitrogens is 2. The Morgan fingerprint density at radius 2 is 1.73 bits per heavy atom. The van der Waals surface area contributed by atoms with Crippen molar-refractivity contribution in [1.29, 1.82) is 0 Å². The van der Waals surface area contributed by atoms with Crippen molar-refractivity contribution >= 4 is 5.52 Å². The third-order valence-electron chi connectivity index (χ3n) is 2.65. The molecule has 2 heteroatoms. The molecule has 0 unspecified atom stereocenters. The zero-order chi connectivity index (χ0) is 10.7. The smallest absolute Gasteiger partial charge is 0.0650 e. The van der Waals surface area contributed by atoms with Gasteiger partial charge in [-0.15, -0.1) is 0 Å². The van der Waals surface area contributed by atoms with Crippen molar-refractivity contribution in [2.24, 2.45) is 0 Å². The molecule has 0 aliphatic carbocycles. The zero-order valence-corrected chi connectivity index (χ0v) is 9.53. The van der Waals surface area contributed by atoms with E-state index < -0.39 is 0 Å². The monoisotopic (exact) mass is 202 g/mol. The van der Waals surface area contributed by atoms with E-state index in [2.05, 4.69) is 47.7 Å². The first kappa shape index (κ1) is 10.2. The summed E-state index contributed by atoms with van der Waals surface area (Å²) in [6.45, 7) is 4.39. The second kappa shape index (κ2) is 4.47. The van der Waals surface area contributed by atoms with Crippen molar-refractivity contribution < 1.29 is 0 Å². The summed E-state index contributed by atoms with van der Waals surface area (Å²) in [4.78, 5) is 0. The van der Waals surface area contributed by atoms with Crippen LogP contribution < -0.4 is 0 Å². The van der Waals surface area contributed by atoms with E-state index in [0.717, 1.165) is 19.3 Å². The number of fused-ring (bicyclic) bond motifs is 1. The van der Waals surface area contributed by atoms with Crippen LogP contribution in [0.1, 0.15) is 38.1 Å². The number of nitrogens with zero attached hydrogens (tertiary/aromatic N) is 2. The van der Waals surface area contributed by atoms with Gasteiger partial charge in [-0.2, -0.15) is 5.10 Å². The standard InChI is InChI=1S/C13H18N2/c1-3-5-11-7-8-13-10-9-12(6-4-2)15(13)14-11/h7-10H,3-6H2,1-2H3. The molecule has 0 saturated carbocycles. The lowest BCUT2D eigenvalue weighted by Crippen LogP contribution is -2.00. The highest BCUT2D eigenvalue weighted by Gasteiger charge is 2.02. The van der Waals surface area contributed by atoms with Crippen molar-refractivity contribution in [2.45, 2.75) is 39.5 Å². The Bertz CT molecular complexity index is 443. The van der Waals surface area contributed by atoms with Crippen molar-refractivity contribution in [2.75, 3.05) is 0 Å². The van der Waals surface area contributed by atoms with E-state index in [9.17, 15) is 0 Å². The van der Waals surface area contributed by atoms with Crippen molar-refractivity contribution in [3.63, 3.8) is 0 Å². The summed E-state index contributed by atoms with van der Waals surface area (Å²) >= 11 is 0. The van der Waals surface area contributed by atoms with Crippen molar-refractivity contribution in [3.8, 4) is 0 Å². The Balaban J connectivity index is 2.42. The molecule has 0 radical (unpaired) electrons. The molecule has 0 amide bonds. The van der Waals surface area contributed by atoms with E-state index in [4.69, 9.17) is 0 Å². The second-order valence-corrected chi connectivity index (χ2v) is 3.99. The van der Waals surface area contributed by atoms with E-state index in [-0.39, 0.29) is 0 Å². The maximum atomic E-state index is 4.66. The van der Waals surface area contributed by atoms with Crippen LogP contribution in [0.25, 0.3) is 5.52 Å². The third kappa shape index (κ3) is 2.04. The first-order chi connectivity index (χ1) is 7.35. The van der Waals surface area contributed by atoms with Crippen LogP contribution in [0.15, 0.2) is 24.3 Å². The minimum atomic E-state index is 1.07. The van der Waals surface area contributed by atoms with Crippen LogP contribution in [-0.2, 0) is 12.8 Å². The van der Waals surface area contributed by atoms with Gasteiger partial charge < -0.3 is 0 Å². The number of hydrogen-bond donors (Lipinski definition) is 0. The first-order valence-electron chi connectivity index (χ1n) is 5.81. The van der Waals surface area contributed by atoms with Gasteiger partial charge in [-0.05, 0) is 37.1 Å². The third-order valence-corrected chi connectivity index (χ3v) is 2.65. The molecule has 2 aromatic heterocycles. The fourth-order valence-corrected chi connectivity index (χ4v) is 1.91. The number of rotatable bonds is 4. The van der Waals surface area contributed by atoms with Gasteiger partial charge in [0.25, 0.3) is 0 Å². The molecule has 2 nitrogen and oxygen atoms in total. The highest BCUT2D eigenvalue weighted by Crippen LogP contribution is 2.11. The molecule has 0 fully saturated rings. The summed E-state index contributed by atoms with van der Waals surface area (Å²) in [6.07, 6.45) is 4.51. The van der Waals surface area contributed by atoms with Gasteiger partial charge in [0, 0.05) is 5.69 Å². The summed E-state index contributed by atoms with van der Waals surface area (Å²) < 4.78 is 2.09. The van der Waals surface area contributed by atoms with Gasteiger partial charge in [0.15, 0.2) is 0 Å². The predicted molar refractivity (Wildman–Crippen MR) is 63.2 cm³/mol.